The summed E-state index contributed by atoms with van der Waals surface area (Å²) in [5, 5.41) is 0. The summed E-state index contributed by atoms with van der Waals surface area (Å²) in [5.74, 6) is 6.09. The van der Waals surface area contributed by atoms with Gasteiger partial charge in [-0.15, -0.1) is 5.92 Å². The van der Waals surface area contributed by atoms with Crippen LogP contribution in [0.4, 0.5) is 0 Å². The van der Waals surface area contributed by atoms with Crippen molar-refractivity contribution < 1.29 is 14.4 Å². The summed E-state index contributed by atoms with van der Waals surface area (Å²) in [4.78, 5) is 16.6. The van der Waals surface area contributed by atoms with Crippen molar-refractivity contribution in [2.75, 3.05) is 19.8 Å². The molecule has 0 aromatic heterocycles. The Labute approximate surface area is 115 Å². The van der Waals surface area contributed by atoms with Gasteiger partial charge in [-0.2, -0.15) is 0 Å². The zero-order valence-electron chi connectivity index (χ0n) is 11.7. The lowest BCUT2D eigenvalue weighted by Gasteiger charge is -2.29. The van der Waals surface area contributed by atoms with Crippen LogP contribution in [0.2, 0.25) is 0 Å². The number of nitrogens with one attached hydrogen (secondary N) is 1. The number of amides is 1. The molecule has 5 heteroatoms. The van der Waals surface area contributed by atoms with E-state index in [1.165, 1.54) is 6.92 Å². The van der Waals surface area contributed by atoms with Gasteiger partial charge in [0.2, 0.25) is 5.91 Å². The number of rotatable bonds is 7. The van der Waals surface area contributed by atoms with Gasteiger partial charge < -0.3 is 10.5 Å². The second-order valence-electron chi connectivity index (χ2n) is 4.77. The van der Waals surface area contributed by atoms with Crippen LogP contribution < -0.4 is 11.2 Å². The summed E-state index contributed by atoms with van der Waals surface area (Å²) in [6.07, 6.45) is 5.66. The third-order valence-corrected chi connectivity index (χ3v) is 3.00. The van der Waals surface area contributed by atoms with Crippen molar-refractivity contribution in [2.45, 2.75) is 51.0 Å². The first kappa shape index (κ1) is 16.0. The van der Waals surface area contributed by atoms with Crippen LogP contribution in [0, 0.1) is 11.8 Å². The molecule has 108 valence electrons. The fraction of sp³-hybridized carbons (Fsp3) is 0.786. The molecule has 1 aliphatic carbocycles. The first-order valence-electron chi connectivity index (χ1n) is 6.91. The van der Waals surface area contributed by atoms with E-state index in [-0.39, 0.29) is 5.91 Å². The van der Waals surface area contributed by atoms with E-state index in [0.29, 0.717) is 26.2 Å². The van der Waals surface area contributed by atoms with Gasteiger partial charge in [0.15, 0.2) is 5.60 Å². The highest BCUT2D eigenvalue weighted by molar-refractivity contribution is 5.71. The molecule has 0 bridgehead atoms. The topological polar surface area (TPSA) is 73.6 Å². The number of nitrogens with two attached hydrogens (primary N) is 1. The van der Waals surface area contributed by atoms with Crippen molar-refractivity contribution in [1.82, 2.24) is 5.48 Å². The molecule has 0 aromatic rings. The Hall–Kier alpha value is -1.09. The fourth-order valence-electron chi connectivity index (χ4n) is 1.99. The van der Waals surface area contributed by atoms with E-state index < -0.39 is 5.60 Å². The van der Waals surface area contributed by atoms with Gasteiger partial charge in [0.25, 0.3) is 0 Å². The van der Waals surface area contributed by atoms with Gasteiger partial charge >= 0.3 is 0 Å². The third kappa shape index (κ3) is 6.58. The molecule has 0 aliphatic heterocycles. The van der Waals surface area contributed by atoms with Gasteiger partial charge in [-0.1, -0.05) is 12.3 Å². The normalized spacial score (nSPS) is 22.8. The molecule has 0 aromatic carbocycles. The minimum Gasteiger partial charge on any atom is -0.380 e. The molecule has 5 nitrogen and oxygen atoms in total. The average molecular weight is 268 g/mol. The minimum atomic E-state index is -0.624. The standard InChI is InChI=1S/C14H24N2O3/c1-13(17)16-19-14(9-11-18-12-10-15)7-5-3-2-4-6-8-14/h2-5,7,9-12,15H2,1H3,(H,16,17). The van der Waals surface area contributed by atoms with Crippen LogP contribution in [0.5, 0.6) is 0 Å². The fourth-order valence-corrected chi connectivity index (χ4v) is 1.99. The van der Waals surface area contributed by atoms with Crippen LogP contribution in [0.25, 0.3) is 0 Å². The van der Waals surface area contributed by atoms with Gasteiger partial charge in [0.05, 0.1) is 13.2 Å². The molecule has 1 aliphatic rings. The first-order chi connectivity index (χ1) is 9.18. The third-order valence-electron chi connectivity index (χ3n) is 3.00. The van der Waals surface area contributed by atoms with E-state index in [1.807, 2.05) is 0 Å². The molecule has 3 N–H and O–H groups in total. The largest absolute Gasteiger partial charge is 0.380 e. The van der Waals surface area contributed by atoms with Gasteiger partial charge in [-0.25, -0.2) is 5.48 Å². The molecule has 0 heterocycles. The highest BCUT2D eigenvalue weighted by Crippen LogP contribution is 2.24. The second-order valence-corrected chi connectivity index (χ2v) is 4.77. The lowest BCUT2D eigenvalue weighted by molar-refractivity contribution is -0.145. The highest BCUT2D eigenvalue weighted by atomic mass is 16.7. The molecule has 0 radical (unpaired) electrons. The van der Waals surface area contributed by atoms with E-state index in [0.717, 1.165) is 32.1 Å². The van der Waals surface area contributed by atoms with Crippen LogP contribution in [-0.2, 0) is 14.4 Å². The zero-order chi connectivity index (χ0) is 14.0. The number of hydrogen-bond donors (Lipinski definition) is 2. The summed E-state index contributed by atoms with van der Waals surface area (Å²) in [7, 11) is 0. The number of hydrogen-bond acceptors (Lipinski definition) is 4. The maximum atomic E-state index is 11.0. The lowest BCUT2D eigenvalue weighted by atomic mass is 9.91. The van der Waals surface area contributed by atoms with Gasteiger partial charge in [-0.05, 0) is 19.3 Å². The van der Waals surface area contributed by atoms with E-state index in [4.69, 9.17) is 15.3 Å². The molecule has 1 amide bonds. The second kappa shape index (κ2) is 8.92. The summed E-state index contributed by atoms with van der Waals surface area (Å²) in [6, 6.07) is 0. The molecule has 1 atom stereocenters. The van der Waals surface area contributed by atoms with Crippen LogP contribution in [-0.4, -0.2) is 31.3 Å². The Balaban J connectivity index is 2.60. The smallest absolute Gasteiger partial charge is 0.240 e. The molecular formula is C14H24N2O3. The van der Waals surface area contributed by atoms with Crippen LogP contribution in [0.1, 0.15) is 45.4 Å². The molecule has 19 heavy (non-hydrogen) atoms. The Morgan fingerprint density at radius 1 is 1.37 bits per heavy atom. The first-order valence-corrected chi connectivity index (χ1v) is 6.91. The zero-order valence-corrected chi connectivity index (χ0v) is 11.7. The Kier molecular flexibility index (Phi) is 7.49. The van der Waals surface area contributed by atoms with E-state index >= 15 is 0 Å². The maximum absolute atomic E-state index is 11.0. The molecule has 0 spiro atoms. The van der Waals surface area contributed by atoms with Crippen molar-refractivity contribution in [2.24, 2.45) is 5.73 Å². The van der Waals surface area contributed by atoms with Crippen molar-refractivity contribution in [3.8, 4) is 11.8 Å². The molecule has 0 saturated carbocycles. The number of hydroxylamine groups is 1. The van der Waals surface area contributed by atoms with Gasteiger partial charge in [0, 0.05) is 26.3 Å². The maximum Gasteiger partial charge on any atom is 0.240 e. The number of carbonyl (C=O) groups is 1. The Morgan fingerprint density at radius 3 is 2.95 bits per heavy atom. The van der Waals surface area contributed by atoms with Crippen LogP contribution >= 0.6 is 0 Å². The van der Waals surface area contributed by atoms with E-state index in [9.17, 15) is 4.79 Å². The minimum absolute atomic E-state index is 0.217. The molecular weight excluding hydrogens is 244 g/mol. The molecule has 1 rings (SSSR count). The number of carbonyl (C=O) groups excluding carboxylic acids is 1. The van der Waals surface area contributed by atoms with Gasteiger partial charge in [0.1, 0.15) is 0 Å². The van der Waals surface area contributed by atoms with E-state index in [2.05, 4.69) is 17.3 Å². The average Bonchev–Trinajstić information content (AvgIpc) is 2.36. The predicted octanol–water partition coefficient (Wildman–Crippen LogP) is 1.13. The Morgan fingerprint density at radius 2 is 2.21 bits per heavy atom. The predicted molar refractivity (Wildman–Crippen MR) is 73.0 cm³/mol. The molecule has 1 unspecified atom stereocenters. The van der Waals surface area contributed by atoms with Crippen LogP contribution in [0.3, 0.4) is 0 Å². The Bertz CT molecular complexity index is 335. The summed E-state index contributed by atoms with van der Waals surface area (Å²) < 4.78 is 5.40. The quantitative estimate of drug-likeness (QED) is 0.412. The highest BCUT2D eigenvalue weighted by Gasteiger charge is 2.30. The van der Waals surface area contributed by atoms with Crippen LogP contribution in [0.15, 0.2) is 0 Å². The summed E-state index contributed by atoms with van der Waals surface area (Å²) >= 11 is 0. The van der Waals surface area contributed by atoms with Crippen molar-refractivity contribution in [3.63, 3.8) is 0 Å². The summed E-state index contributed by atoms with van der Waals surface area (Å²) in [6.45, 7) is 3.00. The van der Waals surface area contributed by atoms with Crippen molar-refractivity contribution in [1.29, 1.82) is 0 Å². The SMILES string of the molecule is CC(=O)NOC1(CCOCCN)C#CCCCCC1. The van der Waals surface area contributed by atoms with Gasteiger partial charge in [-0.3, -0.25) is 9.63 Å². The van der Waals surface area contributed by atoms with Crippen molar-refractivity contribution >= 4 is 5.91 Å². The molecule has 0 fully saturated rings. The van der Waals surface area contributed by atoms with E-state index in [1.54, 1.807) is 0 Å². The molecule has 0 saturated heterocycles. The lowest BCUT2D eigenvalue weighted by Crippen LogP contribution is -2.40. The monoisotopic (exact) mass is 268 g/mol. The number of ether oxygens (including phenoxy) is 1. The summed E-state index contributed by atoms with van der Waals surface area (Å²) in [5.41, 5.74) is 7.18. The van der Waals surface area contributed by atoms with Crippen molar-refractivity contribution in [3.05, 3.63) is 0 Å².